The second-order valence-corrected chi connectivity index (χ2v) is 15.0. The minimum absolute atomic E-state index is 0.219. The van der Waals surface area contributed by atoms with Gasteiger partial charge in [-0.15, -0.1) is 5.10 Å². The van der Waals surface area contributed by atoms with Gasteiger partial charge >= 0.3 is 0 Å². The lowest BCUT2D eigenvalue weighted by atomic mass is 9.90. The molecule has 2 aromatic carbocycles. The minimum atomic E-state index is -0.568. The Morgan fingerprint density at radius 3 is 2.34 bits per heavy atom. The van der Waals surface area contributed by atoms with Crippen molar-refractivity contribution in [3.05, 3.63) is 70.5 Å². The Labute approximate surface area is 314 Å². The van der Waals surface area contributed by atoms with Crippen LogP contribution in [0.5, 0.6) is 0 Å². The van der Waals surface area contributed by atoms with Crippen molar-refractivity contribution in [2.45, 2.75) is 63.3 Å². The predicted molar refractivity (Wildman–Crippen MR) is 208 cm³/mol. The van der Waals surface area contributed by atoms with Crippen LogP contribution in [0, 0.1) is 0 Å². The lowest BCUT2D eigenvalue weighted by Gasteiger charge is -2.44. The van der Waals surface area contributed by atoms with Crippen LogP contribution < -0.4 is 31.1 Å². The van der Waals surface area contributed by atoms with Gasteiger partial charge in [0.1, 0.15) is 5.69 Å². The normalized spacial score (nSPS) is 20.6. The SMILES string of the molecule is C1CC1.CNc1cc(N2CCc3c(N4CCC(N5CCN(c6ccc(C7CCC(=O)NC7=O)c(Cl)c6)CC5)CC4)cccc32)nn2c(C(N)=O)cnc12. The van der Waals surface area contributed by atoms with Crippen LogP contribution in [0.1, 0.15) is 72.5 Å². The molecule has 4 aromatic rings. The number of amides is 3. The second kappa shape index (κ2) is 14.9. The number of carbonyl (C=O) groups is 3. The highest BCUT2D eigenvalue weighted by Gasteiger charge is 2.33. The van der Waals surface area contributed by atoms with E-state index in [1.54, 1.807) is 0 Å². The Balaban J connectivity index is 0.00000127. The summed E-state index contributed by atoms with van der Waals surface area (Å²) in [6, 6.07) is 15.0. The quantitative estimate of drug-likeness (QED) is 0.228. The van der Waals surface area contributed by atoms with E-state index in [9.17, 15) is 14.4 Å². The number of nitrogens with zero attached hydrogens (tertiary/aromatic N) is 7. The second-order valence-electron chi connectivity index (χ2n) is 14.6. The highest BCUT2D eigenvalue weighted by Crippen LogP contribution is 2.41. The number of halogens is 1. The first-order chi connectivity index (χ1) is 25.8. The van der Waals surface area contributed by atoms with Crippen molar-refractivity contribution in [1.82, 2.24) is 24.8 Å². The number of hydrogen-bond acceptors (Lipinski definition) is 10. The molecule has 1 aliphatic carbocycles. The molecule has 0 bridgehead atoms. The first kappa shape index (κ1) is 35.2. The third-order valence-corrected chi connectivity index (χ3v) is 11.5. The molecule has 0 radical (unpaired) electrons. The van der Waals surface area contributed by atoms with Crippen LogP contribution in [0.4, 0.5) is 28.6 Å². The maximum absolute atomic E-state index is 12.4. The Kier molecular flexibility index (Phi) is 9.86. The van der Waals surface area contributed by atoms with Gasteiger partial charge in [-0.25, -0.2) is 9.50 Å². The Morgan fingerprint density at radius 2 is 1.66 bits per heavy atom. The number of anilines is 5. The van der Waals surface area contributed by atoms with Gasteiger partial charge in [0, 0.05) is 99.0 Å². The highest BCUT2D eigenvalue weighted by atomic mass is 35.5. The summed E-state index contributed by atoms with van der Waals surface area (Å²) in [7, 11) is 1.83. The number of imidazole rings is 1. The number of piperidine rings is 2. The van der Waals surface area contributed by atoms with Gasteiger partial charge in [-0.1, -0.05) is 43.0 Å². The zero-order valence-corrected chi connectivity index (χ0v) is 30.9. The van der Waals surface area contributed by atoms with E-state index < -0.39 is 5.91 Å². The Bertz CT molecular complexity index is 2030. The molecule has 13 nitrogen and oxygen atoms in total. The molecule has 1 unspecified atom stereocenters. The van der Waals surface area contributed by atoms with Crippen LogP contribution in [0.3, 0.4) is 0 Å². The number of imide groups is 1. The molecule has 1 atom stereocenters. The number of aromatic nitrogens is 3. The third kappa shape index (κ3) is 7.11. The van der Waals surface area contributed by atoms with Gasteiger partial charge in [0.25, 0.3) is 5.91 Å². The Hall–Kier alpha value is -4.88. The number of hydrogen-bond donors (Lipinski definition) is 3. The molecular weight excluding hydrogens is 692 g/mol. The van der Waals surface area contributed by atoms with Gasteiger partial charge in [0.15, 0.2) is 11.5 Å². The molecule has 14 heteroatoms. The van der Waals surface area contributed by atoms with Crippen molar-refractivity contribution in [1.29, 1.82) is 0 Å². The predicted octanol–water partition coefficient (Wildman–Crippen LogP) is 4.70. The van der Waals surface area contributed by atoms with Crippen molar-refractivity contribution in [2.75, 3.05) is 72.9 Å². The monoisotopic (exact) mass is 738 g/mol. The van der Waals surface area contributed by atoms with E-state index in [1.165, 1.54) is 41.2 Å². The van der Waals surface area contributed by atoms with Crippen molar-refractivity contribution in [3.8, 4) is 0 Å². The van der Waals surface area contributed by atoms with E-state index in [0.29, 0.717) is 29.6 Å². The first-order valence-corrected chi connectivity index (χ1v) is 19.3. The summed E-state index contributed by atoms with van der Waals surface area (Å²) >= 11 is 6.68. The Morgan fingerprint density at radius 1 is 0.906 bits per heavy atom. The van der Waals surface area contributed by atoms with Crippen molar-refractivity contribution in [3.63, 3.8) is 0 Å². The van der Waals surface area contributed by atoms with E-state index in [4.69, 9.17) is 22.4 Å². The van der Waals surface area contributed by atoms with Crippen LogP contribution in [0.2, 0.25) is 5.02 Å². The van der Waals surface area contributed by atoms with E-state index in [2.05, 4.69) is 59.5 Å². The summed E-state index contributed by atoms with van der Waals surface area (Å²) in [6.07, 6.45) is 9.93. The number of benzene rings is 2. The molecule has 9 rings (SSSR count). The van der Waals surface area contributed by atoms with Gasteiger partial charge in [0.05, 0.1) is 17.8 Å². The summed E-state index contributed by atoms with van der Waals surface area (Å²) in [5.41, 5.74) is 12.8. The molecule has 4 N–H and O–H groups in total. The number of piperazine rings is 1. The van der Waals surface area contributed by atoms with E-state index in [0.717, 1.165) is 93.5 Å². The van der Waals surface area contributed by atoms with E-state index in [-0.39, 0.29) is 23.4 Å². The average molecular weight is 739 g/mol. The minimum Gasteiger partial charge on any atom is -0.385 e. The summed E-state index contributed by atoms with van der Waals surface area (Å²) in [4.78, 5) is 50.2. The van der Waals surface area contributed by atoms with Crippen molar-refractivity contribution in [2.24, 2.45) is 5.73 Å². The number of rotatable bonds is 7. The summed E-state index contributed by atoms with van der Waals surface area (Å²) in [5, 5.41) is 11.0. The lowest BCUT2D eigenvalue weighted by molar-refractivity contribution is -0.134. The topological polar surface area (TPSA) is 144 Å². The van der Waals surface area contributed by atoms with Gasteiger partial charge < -0.3 is 25.8 Å². The number of nitrogens with one attached hydrogen (secondary N) is 2. The molecule has 4 fully saturated rings. The average Bonchev–Trinajstić information content (AvgIpc) is 3.89. The van der Waals surface area contributed by atoms with Gasteiger partial charge in [-0.05, 0) is 55.5 Å². The summed E-state index contributed by atoms with van der Waals surface area (Å²) < 4.78 is 1.53. The molecule has 53 heavy (non-hydrogen) atoms. The number of primary amides is 1. The maximum atomic E-state index is 12.4. The van der Waals surface area contributed by atoms with Gasteiger partial charge in [-0.3, -0.25) is 24.6 Å². The first-order valence-electron chi connectivity index (χ1n) is 18.9. The molecule has 6 heterocycles. The fourth-order valence-corrected chi connectivity index (χ4v) is 8.50. The summed E-state index contributed by atoms with van der Waals surface area (Å²) in [6.45, 7) is 6.63. The van der Waals surface area contributed by atoms with Gasteiger partial charge in [-0.2, -0.15) is 0 Å². The largest absolute Gasteiger partial charge is 0.385 e. The highest BCUT2D eigenvalue weighted by molar-refractivity contribution is 6.32. The smallest absolute Gasteiger partial charge is 0.269 e. The zero-order valence-electron chi connectivity index (χ0n) is 30.2. The number of nitrogens with two attached hydrogens (primary N) is 1. The van der Waals surface area contributed by atoms with Crippen LogP contribution in [0.25, 0.3) is 5.65 Å². The molecule has 3 saturated heterocycles. The van der Waals surface area contributed by atoms with Crippen molar-refractivity contribution >= 4 is 63.5 Å². The van der Waals surface area contributed by atoms with Crippen LogP contribution >= 0.6 is 11.6 Å². The van der Waals surface area contributed by atoms with Crippen molar-refractivity contribution < 1.29 is 14.4 Å². The maximum Gasteiger partial charge on any atom is 0.269 e. The van der Waals surface area contributed by atoms with E-state index >= 15 is 0 Å². The summed E-state index contributed by atoms with van der Waals surface area (Å²) in [5.74, 6) is -0.694. The number of fused-ring (bicyclic) bond motifs is 2. The molecule has 1 saturated carbocycles. The molecule has 0 spiro atoms. The standard InChI is InChI=1S/C36H41ClN10O3.C3H6/c1-39-28-20-32(42-47-31(34(38)49)21-40-35(28)47)46-14-11-26-29(3-2-4-30(26)46)45-12-9-22(10-13-45)43-15-17-44(18-16-43)23-5-6-24(27(37)19-23)25-7-8-33(48)41-36(25)50;1-2-3-1/h2-6,19-22,25,39H,7-18H2,1H3,(H2,38,49)(H,41,48,50);1-3H2. The fourth-order valence-electron chi connectivity index (χ4n) is 8.19. The van der Waals surface area contributed by atoms with Crippen LogP contribution in [-0.2, 0) is 16.0 Å². The molecule has 2 aromatic heterocycles. The lowest BCUT2D eigenvalue weighted by Crippen LogP contribution is -2.53. The molecular formula is C39H47ClN10O3. The van der Waals surface area contributed by atoms with Crippen LogP contribution in [0.15, 0.2) is 48.7 Å². The molecule has 4 aliphatic heterocycles. The molecule has 3 amide bonds. The van der Waals surface area contributed by atoms with Gasteiger partial charge in [0.2, 0.25) is 11.8 Å². The molecule has 278 valence electrons. The molecule has 5 aliphatic rings. The van der Waals surface area contributed by atoms with Crippen LogP contribution in [-0.4, -0.2) is 96.1 Å². The fraction of sp³-hybridized carbons (Fsp3) is 0.462. The van der Waals surface area contributed by atoms with E-state index in [1.807, 2.05) is 25.2 Å². The third-order valence-electron chi connectivity index (χ3n) is 11.2. The number of carbonyl (C=O) groups excluding carboxylic acids is 3. The zero-order chi connectivity index (χ0) is 36.6.